The number of carbonyl (C=O) groups is 1. The second-order valence-electron chi connectivity index (χ2n) is 4.07. The SMILES string of the molecule is COC(=O)c1ccc(Cl)c(-c2cc(O)cc(C#N)c2)c1. The maximum absolute atomic E-state index is 11.5. The number of methoxy groups -OCH3 is 1. The van der Waals surface area contributed by atoms with Crippen LogP contribution in [0.25, 0.3) is 11.1 Å². The number of halogens is 1. The molecule has 1 N–H and O–H groups in total. The zero-order valence-electron chi connectivity index (χ0n) is 10.6. The number of aromatic hydroxyl groups is 1. The van der Waals surface area contributed by atoms with Crippen molar-refractivity contribution in [1.82, 2.24) is 0 Å². The number of phenols is 1. The molecule has 0 aromatic heterocycles. The molecule has 2 aromatic carbocycles. The molecule has 0 aliphatic carbocycles. The van der Waals surface area contributed by atoms with Crippen LogP contribution in [0.15, 0.2) is 36.4 Å². The molecule has 0 fully saturated rings. The van der Waals surface area contributed by atoms with Gasteiger partial charge in [-0.3, -0.25) is 0 Å². The molecule has 0 atom stereocenters. The molecule has 0 saturated carbocycles. The summed E-state index contributed by atoms with van der Waals surface area (Å²) < 4.78 is 4.65. The summed E-state index contributed by atoms with van der Waals surface area (Å²) in [6.07, 6.45) is 0. The van der Waals surface area contributed by atoms with Crippen LogP contribution in [-0.4, -0.2) is 18.2 Å². The van der Waals surface area contributed by atoms with Gasteiger partial charge >= 0.3 is 5.97 Å². The number of nitriles is 1. The lowest BCUT2D eigenvalue weighted by atomic mass is 10.0. The van der Waals surface area contributed by atoms with Gasteiger partial charge in [-0.1, -0.05) is 11.6 Å². The van der Waals surface area contributed by atoms with Gasteiger partial charge in [-0.05, 0) is 42.0 Å². The van der Waals surface area contributed by atoms with E-state index in [9.17, 15) is 9.90 Å². The maximum atomic E-state index is 11.5. The van der Waals surface area contributed by atoms with E-state index in [2.05, 4.69) is 4.74 Å². The third-order valence-corrected chi connectivity index (χ3v) is 3.07. The van der Waals surface area contributed by atoms with Gasteiger partial charge in [-0.15, -0.1) is 0 Å². The quantitative estimate of drug-likeness (QED) is 0.860. The first-order valence-electron chi connectivity index (χ1n) is 5.67. The van der Waals surface area contributed by atoms with Crippen LogP contribution in [0.3, 0.4) is 0 Å². The molecule has 100 valence electrons. The largest absolute Gasteiger partial charge is 0.508 e. The van der Waals surface area contributed by atoms with E-state index in [1.807, 2.05) is 6.07 Å². The number of hydrogen-bond donors (Lipinski definition) is 1. The standard InChI is InChI=1S/C15H10ClNO3/c1-20-15(19)10-2-3-14(16)13(7-10)11-4-9(8-17)5-12(18)6-11/h2-7,18H,1H3. The van der Waals surface area contributed by atoms with Crippen LogP contribution in [0.5, 0.6) is 5.75 Å². The number of ether oxygens (including phenoxy) is 1. The molecule has 5 heteroatoms. The summed E-state index contributed by atoms with van der Waals surface area (Å²) in [5, 5.41) is 18.9. The van der Waals surface area contributed by atoms with E-state index >= 15 is 0 Å². The highest BCUT2D eigenvalue weighted by atomic mass is 35.5. The number of benzene rings is 2. The maximum Gasteiger partial charge on any atom is 0.337 e. The van der Waals surface area contributed by atoms with Gasteiger partial charge in [0.2, 0.25) is 0 Å². The Kier molecular flexibility index (Phi) is 3.92. The van der Waals surface area contributed by atoms with E-state index in [4.69, 9.17) is 16.9 Å². The number of esters is 1. The number of rotatable bonds is 2. The first-order valence-corrected chi connectivity index (χ1v) is 6.05. The van der Waals surface area contributed by atoms with E-state index < -0.39 is 5.97 Å². The Bertz CT molecular complexity index is 720. The lowest BCUT2D eigenvalue weighted by Gasteiger charge is -2.08. The van der Waals surface area contributed by atoms with Crippen LogP contribution < -0.4 is 0 Å². The summed E-state index contributed by atoms with van der Waals surface area (Å²) in [6.45, 7) is 0. The van der Waals surface area contributed by atoms with Crippen molar-refractivity contribution in [2.75, 3.05) is 7.11 Å². The predicted octanol–water partition coefficient (Wildman–Crippen LogP) is 3.37. The van der Waals surface area contributed by atoms with Gasteiger partial charge in [-0.25, -0.2) is 4.79 Å². The summed E-state index contributed by atoms with van der Waals surface area (Å²) >= 11 is 6.11. The molecule has 0 aliphatic rings. The minimum Gasteiger partial charge on any atom is -0.508 e. The van der Waals surface area contributed by atoms with Crippen molar-refractivity contribution in [3.8, 4) is 22.9 Å². The topological polar surface area (TPSA) is 70.3 Å². The minimum atomic E-state index is -0.483. The van der Waals surface area contributed by atoms with Crippen LogP contribution in [0.4, 0.5) is 0 Å². The van der Waals surface area contributed by atoms with Crippen LogP contribution in [0, 0.1) is 11.3 Å². The Morgan fingerprint density at radius 1 is 1.30 bits per heavy atom. The molecular formula is C15H10ClNO3. The summed E-state index contributed by atoms with van der Waals surface area (Å²) in [5.41, 5.74) is 1.74. The zero-order valence-corrected chi connectivity index (χ0v) is 11.3. The molecule has 0 radical (unpaired) electrons. The molecule has 0 unspecified atom stereocenters. The average molecular weight is 288 g/mol. The lowest BCUT2D eigenvalue weighted by Crippen LogP contribution is -2.01. The van der Waals surface area contributed by atoms with Gasteiger partial charge in [0.05, 0.1) is 24.3 Å². The van der Waals surface area contributed by atoms with Gasteiger partial charge in [-0.2, -0.15) is 5.26 Å². The van der Waals surface area contributed by atoms with E-state index in [-0.39, 0.29) is 5.75 Å². The van der Waals surface area contributed by atoms with E-state index in [1.165, 1.54) is 19.2 Å². The zero-order chi connectivity index (χ0) is 14.7. The molecule has 0 bridgehead atoms. The Labute approximate surface area is 120 Å². The Morgan fingerprint density at radius 3 is 2.70 bits per heavy atom. The third kappa shape index (κ3) is 2.73. The summed E-state index contributed by atoms with van der Waals surface area (Å²) in [5.74, 6) is -0.526. The Morgan fingerprint density at radius 2 is 2.05 bits per heavy atom. The molecule has 4 nitrogen and oxygen atoms in total. The van der Waals surface area contributed by atoms with Crippen LogP contribution in [-0.2, 0) is 4.74 Å². The highest BCUT2D eigenvalue weighted by Gasteiger charge is 2.11. The van der Waals surface area contributed by atoms with Gasteiger partial charge in [0.1, 0.15) is 5.75 Å². The average Bonchev–Trinajstić information content (AvgIpc) is 2.46. The second kappa shape index (κ2) is 5.64. The normalized spacial score (nSPS) is 9.85. The van der Waals surface area contributed by atoms with E-state index in [0.717, 1.165) is 0 Å². The Hall–Kier alpha value is -2.51. The first kappa shape index (κ1) is 13.9. The number of hydrogen-bond acceptors (Lipinski definition) is 4. The highest BCUT2D eigenvalue weighted by molar-refractivity contribution is 6.33. The van der Waals surface area contributed by atoms with Gasteiger partial charge in [0, 0.05) is 10.6 Å². The molecular weight excluding hydrogens is 278 g/mol. The van der Waals surface area contributed by atoms with Crippen LogP contribution in [0.2, 0.25) is 5.02 Å². The molecule has 0 heterocycles. The molecule has 2 aromatic rings. The van der Waals surface area contributed by atoms with Crippen molar-refractivity contribution in [3.63, 3.8) is 0 Å². The molecule has 0 amide bonds. The molecule has 0 saturated heterocycles. The third-order valence-electron chi connectivity index (χ3n) is 2.75. The van der Waals surface area contributed by atoms with Crippen LogP contribution >= 0.6 is 11.6 Å². The fourth-order valence-corrected chi connectivity index (χ4v) is 2.05. The van der Waals surface area contributed by atoms with Crippen molar-refractivity contribution in [3.05, 3.63) is 52.5 Å². The van der Waals surface area contributed by atoms with E-state index in [0.29, 0.717) is 27.3 Å². The van der Waals surface area contributed by atoms with Crippen molar-refractivity contribution in [2.24, 2.45) is 0 Å². The minimum absolute atomic E-state index is 0.0430. The fraction of sp³-hybridized carbons (Fsp3) is 0.0667. The monoisotopic (exact) mass is 287 g/mol. The highest BCUT2D eigenvalue weighted by Crippen LogP contribution is 2.32. The number of carbonyl (C=O) groups excluding carboxylic acids is 1. The first-order chi connectivity index (χ1) is 9.55. The summed E-state index contributed by atoms with van der Waals surface area (Å²) in [6, 6.07) is 11.0. The van der Waals surface area contributed by atoms with Crippen molar-refractivity contribution in [2.45, 2.75) is 0 Å². The predicted molar refractivity (Wildman–Crippen MR) is 74.6 cm³/mol. The van der Waals surface area contributed by atoms with Gasteiger partial charge in [0.25, 0.3) is 0 Å². The van der Waals surface area contributed by atoms with Gasteiger partial charge < -0.3 is 9.84 Å². The number of phenolic OH excluding ortho intramolecular Hbond substituents is 1. The summed E-state index contributed by atoms with van der Waals surface area (Å²) in [7, 11) is 1.29. The van der Waals surface area contributed by atoms with E-state index in [1.54, 1.807) is 24.3 Å². The second-order valence-corrected chi connectivity index (χ2v) is 4.47. The molecule has 20 heavy (non-hydrogen) atoms. The number of nitrogens with zero attached hydrogens (tertiary/aromatic N) is 1. The van der Waals surface area contributed by atoms with Gasteiger partial charge in [0.15, 0.2) is 0 Å². The molecule has 2 rings (SSSR count). The van der Waals surface area contributed by atoms with Crippen LogP contribution in [0.1, 0.15) is 15.9 Å². The smallest absolute Gasteiger partial charge is 0.337 e. The van der Waals surface area contributed by atoms with Crippen molar-refractivity contribution in [1.29, 1.82) is 5.26 Å². The molecule has 0 aliphatic heterocycles. The van der Waals surface area contributed by atoms with Crippen molar-refractivity contribution < 1.29 is 14.6 Å². The van der Waals surface area contributed by atoms with Crippen molar-refractivity contribution >= 4 is 17.6 Å². The Balaban J connectivity index is 2.60. The lowest BCUT2D eigenvalue weighted by molar-refractivity contribution is 0.0601. The summed E-state index contributed by atoms with van der Waals surface area (Å²) in [4.78, 5) is 11.5. The fourth-order valence-electron chi connectivity index (χ4n) is 1.82. The molecule has 0 spiro atoms.